The molecule has 0 bridgehead atoms. The molecule has 0 fully saturated rings. The quantitative estimate of drug-likeness (QED) is 0.837. The lowest BCUT2D eigenvalue weighted by Gasteiger charge is -2.20. The first kappa shape index (κ1) is 12.6. The van der Waals surface area contributed by atoms with Crippen LogP contribution in [0.3, 0.4) is 0 Å². The smallest absolute Gasteiger partial charge is 0.0743 e. The largest absolute Gasteiger partial charge is 0.297 e. The second-order valence-corrected chi connectivity index (χ2v) is 5.18. The van der Waals surface area contributed by atoms with Crippen molar-refractivity contribution in [2.24, 2.45) is 0 Å². The molecule has 1 aromatic carbocycles. The Morgan fingerprint density at radius 2 is 2.20 bits per heavy atom. The highest BCUT2D eigenvalue weighted by molar-refractivity contribution is 9.10. The maximum atomic E-state index is 6.08. The lowest BCUT2D eigenvalue weighted by Crippen LogP contribution is -2.36. The first-order valence-corrected chi connectivity index (χ1v) is 5.78. The van der Waals surface area contributed by atoms with E-state index in [-0.39, 0.29) is 5.54 Å². The van der Waals surface area contributed by atoms with Crippen molar-refractivity contribution in [3.8, 4) is 12.3 Å². The normalized spacial score (nSPS) is 11.1. The van der Waals surface area contributed by atoms with Crippen molar-refractivity contribution in [1.82, 2.24) is 5.32 Å². The van der Waals surface area contributed by atoms with Crippen LogP contribution >= 0.6 is 27.5 Å². The van der Waals surface area contributed by atoms with Crippen LogP contribution in [0.25, 0.3) is 0 Å². The number of benzene rings is 1. The summed E-state index contributed by atoms with van der Waals surface area (Å²) in [5.41, 5.74) is 0.735. The Kier molecular flexibility index (Phi) is 4.21. The van der Waals surface area contributed by atoms with Gasteiger partial charge in [0.25, 0.3) is 0 Å². The Morgan fingerprint density at radius 3 is 2.73 bits per heavy atom. The molecule has 0 aromatic heterocycles. The topological polar surface area (TPSA) is 12.0 Å². The van der Waals surface area contributed by atoms with E-state index < -0.39 is 0 Å². The summed E-state index contributed by atoms with van der Waals surface area (Å²) in [7, 11) is 0. The van der Waals surface area contributed by atoms with E-state index in [0.29, 0.717) is 6.54 Å². The summed E-state index contributed by atoms with van der Waals surface area (Å²) in [4.78, 5) is 0. The van der Waals surface area contributed by atoms with E-state index in [4.69, 9.17) is 18.0 Å². The molecule has 1 nitrogen and oxygen atoms in total. The molecule has 1 N–H and O–H groups in total. The molecule has 0 saturated carbocycles. The number of nitrogens with one attached hydrogen (secondary N) is 1. The monoisotopic (exact) mass is 285 g/mol. The van der Waals surface area contributed by atoms with Crippen molar-refractivity contribution >= 4 is 27.5 Å². The van der Waals surface area contributed by atoms with Crippen molar-refractivity contribution in [3.63, 3.8) is 0 Å². The second-order valence-electron chi connectivity index (χ2n) is 3.86. The highest BCUT2D eigenvalue weighted by atomic mass is 79.9. The lowest BCUT2D eigenvalue weighted by atomic mass is 10.1. The van der Waals surface area contributed by atoms with Gasteiger partial charge in [0, 0.05) is 16.0 Å². The summed E-state index contributed by atoms with van der Waals surface area (Å²) in [6, 6.07) is 5.82. The summed E-state index contributed by atoms with van der Waals surface area (Å²) in [6.07, 6.45) is 5.38. The third-order valence-corrected chi connectivity index (χ3v) is 2.94. The Hall–Kier alpha value is -0.490. The Balaban J connectivity index is 2.71. The van der Waals surface area contributed by atoms with E-state index in [9.17, 15) is 0 Å². The van der Waals surface area contributed by atoms with E-state index in [2.05, 4.69) is 27.2 Å². The van der Waals surface area contributed by atoms with Gasteiger partial charge in [0.05, 0.1) is 5.54 Å². The van der Waals surface area contributed by atoms with Crippen molar-refractivity contribution < 1.29 is 0 Å². The van der Waals surface area contributed by atoms with Gasteiger partial charge in [-0.3, -0.25) is 5.32 Å². The van der Waals surface area contributed by atoms with Gasteiger partial charge < -0.3 is 0 Å². The van der Waals surface area contributed by atoms with E-state index in [1.165, 1.54) is 0 Å². The molecule has 0 aliphatic carbocycles. The SMILES string of the molecule is C#CC(C)(C)NCc1ccc(Br)cc1Cl. The second kappa shape index (κ2) is 5.03. The molecule has 0 heterocycles. The molecule has 15 heavy (non-hydrogen) atoms. The summed E-state index contributed by atoms with van der Waals surface area (Å²) in [6.45, 7) is 4.59. The maximum absolute atomic E-state index is 6.08. The van der Waals surface area contributed by atoms with Crippen molar-refractivity contribution in [3.05, 3.63) is 33.3 Å². The summed E-state index contributed by atoms with van der Waals surface area (Å²) < 4.78 is 0.979. The van der Waals surface area contributed by atoms with Crippen LogP contribution in [0.15, 0.2) is 22.7 Å². The van der Waals surface area contributed by atoms with E-state index in [1.807, 2.05) is 32.0 Å². The average molecular weight is 287 g/mol. The molecule has 80 valence electrons. The predicted octanol–water partition coefficient (Wildman–Crippen LogP) is 3.60. The molecule has 1 rings (SSSR count). The standard InChI is InChI=1S/C12H13BrClN/c1-4-12(2,3)15-8-9-5-6-10(13)7-11(9)14/h1,5-7,15H,8H2,2-3H3. The minimum absolute atomic E-state index is 0.309. The van der Waals surface area contributed by atoms with Gasteiger partial charge in [-0.2, -0.15) is 0 Å². The Labute approximate surface area is 104 Å². The van der Waals surface area contributed by atoms with E-state index >= 15 is 0 Å². The Bertz CT molecular complexity index is 393. The van der Waals surface area contributed by atoms with Gasteiger partial charge in [0.15, 0.2) is 0 Å². The zero-order valence-electron chi connectivity index (χ0n) is 8.77. The zero-order chi connectivity index (χ0) is 11.5. The van der Waals surface area contributed by atoms with Crippen LogP contribution < -0.4 is 5.32 Å². The molecule has 0 aliphatic rings. The minimum Gasteiger partial charge on any atom is -0.297 e. The molecular formula is C12H13BrClN. The number of terminal acetylenes is 1. The third kappa shape index (κ3) is 3.87. The van der Waals surface area contributed by atoms with Crippen molar-refractivity contribution in [1.29, 1.82) is 0 Å². The lowest BCUT2D eigenvalue weighted by molar-refractivity contribution is 0.491. The van der Waals surface area contributed by atoms with Crippen LogP contribution in [-0.4, -0.2) is 5.54 Å². The average Bonchev–Trinajstić information content (AvgIpc) is 2.16. The fourth-order valence-corrected chi connectivity index (χ4v) is 1.77. The summed E-state index contributed by atoms with van der Waals surface area (Å²) in [5, 5.41) is 3.99. The van der Waals surface area contributed by atoms with Gasteiger partial charge in [-0.15, -0.1) is 6.42 Å². The van der Waals surface area contributed by atoms with Crippen LogP contribution in [0.4, 0.5) is 0 Å². The summed E-state index contributed by atoms with van der Waals surface area (Å²) >= 11 is 9.44. The molecule has 3 heteroatoms. The minimum atomic E-state index is -0.309. The fraction of sp³-hybridized carbons (Fsp3) is 0.333. The Morgan fingerprint density at radius 1 is 1.53 bits per heavy atom. The van der Waals surface area contributed by atoms with Crippen LogP contribution in [0.2, 0.25) is 5.02 Å². The molecule has 0 saturated heterocycles. The van der Waals surface area contributed by atoms with Gasteiger partial charge in [-0.1, -0.05) is 39.5 Å². The number of hydrogen-bond donors (Lipinski definition) is 1. The fourth-order valence-electron chi connectivity index (χ4n) is 1.03. The van der Waals surface area contributed by atoms with Crippen LogP contribution in [-0.2, 0) is 6.54 Å². The molecule has 0 aliphatic heterocycles. The van der Waals surface area contributed by atoms with E-state index in [1.54, 1.807) is 0 Å². The number of hydrogen-bond acceptors (Lipinski definition) is 1. The van der Waals surface area contributed by atoms with Crippen LogP contribution in [0, 0.1) is 12.3 Å². The molecular weight excluding hydrogens is 273 g/mol. The highest BCUT2D eigenvalue weighted by Gasteiger charge is 2.12. The maximum Gasteiger partial charge on any atom is 0.0743 e. The molecule has 0 spiro atoms. The van der Waals surface area contributed by atoms with Gasteiger partial charge in [-0.25, -0.2) is 0 Å². The van der Waals surface area contributed by atoms with Crippen molar-refractivity contribution in [2.45, 2.75) is 25.9 Å². The van der Waals surface area contributed by atoms with Gasteiger partial charge in [-0.05, 0) is 31.5 Å². The first-order chi connectivity index (χ1) is 6.94. The number of rotatable bonds is 3. The molecule has 1 aromatic rings. The molecule has 0 atom stereocenters. The zero-order valence-corrected chi connectivity index (χ0v) is 11.1. The molecule has 0 radical (unpaired) electrons. The predicted molar refractivity (Wildman–Crippen MR) is 68.9 cm³/mol. The van der Waals surface area contributed by atoms with Crippen LogP contribution in [0.5, 0.6) is 0 Å². The highest BCUT2D eigenvalue weighted by Crippen LogP contribution is 2.21. The third-order valence-electron chi connectivity index (χ3n) is 2.10. The molecule has 0 amide bonds. The van der Waals surface area contributed by atoms with Crippen LogP contribution in [0.1, 0.15) is 19.4 Å². The van der Waals surface area contributed by atoms with Gasteiger partial charge >= 0.3 is 0 Å². The van der Waals surface area contributed by atoms with Gasteiger partial charge in [0.1, 0.15) is 0 Å². The van der Waals surface area contributed by atoms with E-state index in [0.717, 1.165) is 15.1 Å². The van der Waals surface area contributed by atoms with Gasteiger partial charge in [0.2, 0.25) is 0 Å². The van der Waals surface area contributed by atoms with Crippen molar-refractivity contribution in [2.75, 3.05) is 0 Å². The summed E-state index contributed by atoms with van der Waals surface area (Å²) in [5.74, 6) is 2.68. The first-order valence-electron chi connectivity index (χ1n) is 4.61. The molecule has 0 unspecified atom stereocenters. The number of halogens is 2.